The quantitative estimate of drug-likeness (QED) is 0.757. The maximum atomic E-state index is 13.0. The highest BCUT2D eigenvalue weighted by Crippen LogP contribution is 2.25. The zero-order chi connectivity index (χ0) is 12.3. The van der Waals surface area contributed by atoms with Gasteiger partial charge in [-0.2, -0.15) is 0 Å². The highest BCUT2D eigenvalue weighted by Gasteiger charge is 2.12. The predicted molar refractivity (Wildman–Crippen MR) is 62.9 cm³/mol. The van der Waals surface area contributed by atoms with Crippen LogP contribution in [0.1, 0.15) is 16.6 Å². The van der Waals surface area contributed by atoms with Gasteiger partial charge in [0.05, 0.1) is 5.38 Å². The van der Waals surface area contributed by atoms with Crippen molar-refractivity contribution in [2.24, 2.45) is 0 Å². The second-order valence-corrected chi connectivity index (χ2v) is 4.22. The van der Waals surface area contributed by atoms with Crippen LogP contribution in [0.2, 0.25) is 0 Å². The van der Waals surface area contributed by atoms with E-state index in [9.17, 15) is 8.78 Å². The van der Waals surface area contributed by atoms with Gasteiger partial charge in [0, 0.05) is 24.4 Å². The summed E-state index contributed by atoms with van der Waals surface area (Å²) in [6, 6.07) is 8.78. The molecule has 0 aliphatic heterocycles. The molecule has 0 N–H and O–H groups in total. The molecule has 1 aromatic carbocycles. The summed E-state index contributed by atoms with van der Waals surface area (Å²) in [7, 11) is 0. The van der Waals surface area contributed by atoms with Crippen molar-refractivity contribution in [3.05, 3.63) is 65.5 Å². The second kappa shape index (κ2) is 5.23. The van der Waals surface area contributed by atoms with Gasteiger partial charge in [-0.3, -0.25) is 4.98 Å². The molecule has 0 saturated heterocycles. The lowest BCUT2D eigenvalue weighted by Crippen LogP contribution is -1.99. The predicted octanol–water partition coefficient (Wildman–Crippen LogP) is 3.88. The van der Waals surface area contributed by atoms with Gasteiger partial charge < -0.3 is 0 Å². The van der Waals surface area contributed by atoms with E-state index in [0.29, 0.717) is 12.0 Å². The van der Waals surface area contributed by atoms with Crippen LogP contribution in [0.5, 0.6) is 0 Å². The van der Waals surface area contributed by atoms with E-state index in [2.05, 4.69) is 4.98 Å². The number of aromatic nitrogens is 1. The largest absolute Gasteiger partial charge is 0.261 e. The summed E-state index contributed by atoms with van der Waals surface area (Å²) < 4.78 is 26.0. The summed E-state index contributed by atoms with van der Waals surface area (Å²) in [4.78, 5) is 4.12. The Morgan fingerprint density at radius 3 is 2.41 bits per heavy atom. The smallest absolute Gasteiger partial charge is 0.126 e. The van der Waals surface area contributed by atoms with Crippen molar-refractivity contribution in [3.8, 4) is 0 Å². The third kappa shape index (κ3) is 3.24. The van der Waals surface area contributed by atoms with Crippen molar-refractivity contribution in [1.29, 1.82) is 0 Å². The Hall–Kier alpha value is -1.48. The highest BCUT2D eigenvalue weighted by molar-refractivity contribution is 6.20. The fourth-order valence-electron chi connectivity index (χ4n) is 1.58. The minimum Gasteiger partial charge on any atom is -0.261 e. The number of rotatable bonds is 3. The minimum atomic E-state index is -0.619. The number of hydrogen-bond donors (Lipinski definition) is 0. The van der Waals surface area contributed by atoms with E-state index < -0.39 is 17.0 Å². The summed E-state index contributed by atoms with van der Waals surface area (Å²) in [5.74, 6) is -1.24. The lowest BCUT2D eigenvalue weighted by atomic mass is 10.1. The average molecular weight is 254 g/mol. The van der Waals surface area contributed by atoms with E-state index in [4.69, 9.17) is 11.6 Å². The van der Waals surface area contributed by atoms with E-state index in [-0.39, 0.29) is 0 Å². The van der Waals surface area contributed by atoms with Crippen molar-refractivity contribution in [1.82, 2.24) is 4.98 Å². The Kier molecular flexibility index (Phi) is 3.69. The van der Waals surface area contributed by atoms with E-state index in [1.165, 1.54) is 12.1 Å². The van der Waals surface area contributed by atoms with Gasteiger partial charge in [0.15, 0.2) is 0 Å². The molecule has 0 aliphatic carbocycles. The van der Waals surface area contributed by atoms with Crippen molar-refractivity contribution < 1.29 is 8.78 Å². The molecule has 0 radical (unpaired) electrons. The Labute approximate surface area is 103 Å². The fraction of sp³-hybridized carbons (Fsp3) is 0.154. The van der Waals surface area contributed by atoms with Gasteiger partial charge in [0.1, 0.15) is 11.6 Å². The van der Waals surface area contributed by atoms with Crippen LogP contribution >= 0.6 is 11.6 Å². The molecule has 4 heteroatoms. The zero-order valence-corrected chi connectivity index (χ0v) is 9.66. The first-order chi connectivity index (χ1) is 8.15. The first kappa shape index (κ1) is 12.0. The van der Waals surface area contributed by atoms with Gasteiger partial charge >= 0.3 is 0 Å². The molecule has 2 aromatic rings. The lowest BCUT2D eigenvalue weighted by molar-refractivity contribution is 0.578. The number of halogens is 3. The molecule has 1 unspecified atom stereocenters. The molecule has 1 heterocycles. The van der Waals surface area contributed by atoms with Gasteiger partial charge in [0.25, 0.3) is 0 Å². The number of benzene rings is 1. The molecule has 0 bridgehead atoms. The summed E-state index contributed by atoms with van der Waals surface area (Å²) in [6.45, 7) is 0. The van der Waals surface area contributed by atoms with Gasteiger partial charge in [-0.25, -0.2) is 8.78 Å². The van der Waals surface area contributed by atoms with Crippen molar-refractivity contribution in [3.63, 3.8) is 0 Å². The maximum absolute atomic E-state index is 13.0. The number of nitrogens with zero attached hydrogens (tertiary/aromatic N) is 1. The summed E-state index contributed by atoms with van der Waals surface area (Å²) in [5.41, 5.74) is 1.21. The lowest BCUT2D eigenvalue weighted by Gasteiger charge is -2.09. The summed E-state index contributed by atoms with van der Waals surface area (Å²) in [6.07, 6.45) is 2.09. The zero-order valence-electron chi connectivity index (χ0n) is 8.91. The van der Waals surface area contributed by atoms with Gasteiger partial charge in [-0.1, -0.05) is 6.07 Å². The van der Waals surface area contributed by atoms with Crippen molar-refractivity contribution in [2.45, 2.75) is 11.8 Å². The Morgan fingerprint density at radius 1 is 1.12 bits per heavy atom. The summed E-state index contributed by atoms with van der Waals surface area (Å²) >= 11 is 6.11. The van der Waals surface area contributed by atoms with Crippen LogP contribution in [0.3, 0.4) is 0 Å². The Balaban J connectivity index is 2.17. The normalized spacial score (nSPS) is 12.4. The monoisotopic (exact) mass is 253 g/mol. The molecule has 1 aromatic heterocycles. The molecule has 1 nitrogen and oxygen atoms in total. The molecular formula is C13H10ClF2N. The van der Waals surface area contributed by atoms with E-state index in [1.54, 1.807) is 12.3 Å². The average Bonchev–Trinajstić information content (AvgIpc) is 2.29. The molecule has 0 aliphatic rings. The SMILES string of the molecule is Fc1cc(F)cc(C(Cl)Cc2ccccn2)c1. The van der Waals surface area contributed by atoms with Crippen LogP contribution in [-0.4, -0.2) is 4.98 Å². The van der Waals surface area contributed by atoms with Crippen LogP contribution in [-0.2, 0) is 6.42 Å². The van der Waals surface area contributed by atoms with Crippen LogP contribution in [0, 0.1) is 11.6 Å². The van der Waals surface area contributed by atoms with Crippen LogP contribution < -0.4 is 0 Å². The number of alkyl halides is 1. The Bertz CT molecular complexity index is 482. The highest BCUT2D eigenvalue weighted by atomic mass is 35.5. The molecule has 0 fully saturated rings. The molecule has 17 heavy (non-hydrogen) atoms. The first-order valence-corrected chi connectivity index (χ1v) is 5.59. The van der Waals surface area contributed by atoms with Crippen molar-refractivity contribution in [2.75, 3.05) is 0 Å². The minimum absolute atomic E-state index is 0.426. The van der Waals surface area contributed by atoms with Crippen LogP contribution in [0.4, 0.5) is 8.78 Å². The summed E-state index contributed by atoms with van der Waals surface area (Å²) in [5, 5.41) is -0.491. The van der Waals surface area contributed by atoms with E-state index in [1.807, 2.05) is 12.1 Å². The molecule has 0 spiro atoms. The van der Waals surface area contributed by atoms with Crippen LogP contribution in [0.25, 0.3) is 0 Å². The topological polar surface area (TPSA) is 12.9 Å². The van der Waals surface area contributed by atoms with Gasteiger partial charge in [-0.05, 0) is 29.8 Å². The third-order valence-corrected chi connectivity index (χ3v) is 2.77. The fourth-order valence-corrected chi connectivity index (χ4v) is 1.86. The standard InChI is InChI=1S/C13H10ClF2N/c14-13(8-12-3-1-2-4-17-12)9-5-10(15)7-11(16)6-9/h1-7,13H,8H2. The first-order valence-electron chi connectivity index (χ1n) is 5.15. The maximum Gasteiger partial charge on any atom is 0.126 e. The third-order valence-electron chi connectivity index (χ3n) is 2.36. The van der Waals surface area contributed by atoms with E-state index >= 15 is 0 Å². The second-order valence-electron chi connectivity index (χ2n) is 3.70. The van der Waals surface area contributed by atoms with Gasteiger partial charge in [0.2, 0.25) is 0 Å². The molecule has 0 amide bonds. The van der Waals surface area contributed by atoms with Gasteiger partial charge in [-0.15, -0.1) is 11.6 Å². The van der Waals surface area contributed by atoms with Crippen LogP contribution in [0.15, 0.2) is 42.6 Å². The Morgan fingerprint density at radius 2 is 1.82 bits per heavy atom. The van der Waals surface area contributed by atoms with Crippen molar-refractivity contribution >= 4 is 11.6 Å². The molecular weight excluding hydrogens is 244 g/mol. The number of pyridine rings is 1. The molecule has 0 saturated carbocycles. The molecule has 2 rings (SSSR count). The van der Waals surface area contributed by atoms with E-state index in [0.717, 1.165) is 11.8 Å². The molecule has 88 valence electrons. The number of hydrogen-bond acceptors (Lipinski definition) is 1. The molecule has 1 atom stereocenters.